The van der Waals surface area contributed by atoms with Gasteiger partial charge in [-0.2, -0.15) is 0 Å². The van der Waals surface area contributed by atoms with E-state index >= 15 is 0 Å². The largest absolute Gasteiger partial charge is 0.309 e. The van der Waals surface area contributed by atoms with Crippen LogP contribution in [-0.2, 0) is 6.42 Å². The van der Waals surface area contributed by atoms with Crippen molar-refractivity contribution in [3.05, 3.63) is 126 Å². The van der Waals surface area contributed by atoms with E-state index in [0.29, 0.717) is 0 Å². The molecule has 142 valence electrons. The maximum absolute atomic E-state index is 2.38. The van der Waals surface area contributed by atoms with Gasteiger partial charge in [-0.15, -0.1) is 0 Å². The van der Waals surface area contributed by atoms with Gasteiger partial charge in [0.25, 0.3) is 0 Å². The van der Waals surface area contributed by atoms with E-state index in [1.165, 1.54) is 49.4 Å². The Morgan fingerprint density at radius 2 is 1.13 bits per heavy atom. The Bertz CT molecular complexity index is 1510. The molecule has 6 aromatic rings. The van der Waals surface area contributed by atoms with Crippen LogP contribution in [0.15, 0.2) is 115 Å². The molecular weight excluding hydrogens is 362 g/mol. The maximum atomic E-state index is 2.38. The molecule has 0 unspecified atom stereocenters. The zero-order valence-electron chi connectivity index (χ0n) is 16.6. The molecule has 0 radical (unpaired) electrons. The molecule has 30 heavy (non-hydrogen) atoms. The molecule has 0 fully saturated rings. The van der Waals surface area contributed by atoms with Crippen LogP contribution in [0.2, 0.25) is 0 Å². The highest BCUT2D eigenvalue weighted by molar-refractivity contribution is 6.09. The number of fused-ring (bicyclic) bond motifs is 4. The minimum Gasteiger partial charge on any atom is -0.309 e. The second kappa shape index (κ2) is 6.89. The van der Waals surface area contributed by atoms with Crippen molar-refractivity contribution in [2.45, 2.75) is 6.42 Å². The predicted octanol–water partition coefficient (Wildman–Crippen LogP) is 7.53. The van der Waals surface area contributed by atoms with Crippen molar-refractivity contribution in [3.8, 4) is 5.69 Å². The Hall–Kier alpha value is -3.84. The van der Waals surface area contributed by atoms with E-state index in [0.717, 1.165) is 6.42 Å². The van der Waals surface area contributed by atoms with Gasteiger partial charge >= 0.3 is 0 Å². The molecule has 1 nitrogen and oxygen atoms in total. The van der Waals surface area contributed by atoms with Crippen LogP contribution in [0.1, 0.15) is 11.1 Å². The molecular formula is C29H21N. The number of hydrogen-bond acceptors (Lipinski definition) is 0. The van der Waals surface area contributed by atoms with Gasteiger partial charge in [0, 0.05) is 16.5 Å². The number of aromatic nitrogens is 1. The fraction of sp³-hybridized carbons (Fsp3) is 0.0345. The number of rotatable bonds is 3. The lowest BCUT2D eigenvalue weighted by Crippen LogP contribution is -1.94. The van der Waals surface area contributed by atoms with E-state index in [9.17, 15) is 0 Å². The predicted molar refractivity (Wildman–Crippen MR) is 128 cm³/mol. The molecule has 1 aromatic heterocycles. The molecule has 0 aliphatic heterocycles. The van der Waals surface area contributed by atoms with Crippen LogP contribution in [-0.4, -0.2) is 4.57 Å². The van der Waals surface area contributed by atoms with Crippen LogP contribution in [0.4, 0.5) is 0 Å². The van der Waals surface area contributed by atoms with Crippen LogP contribution >= 0.6 is 0 Å². The second-order valence-corrected chi connectivity index (χ2v) is 7.90. The number of hydrogen-bond donors (Lipinski definition) is 0. The van der Waals surface area contributed by atoms with Crippen molar-refractivity contribution in [2.75, 3.05) is 0 Å². The molecule has 0 amide bonds. The summed E-state index contributed by atoms with van der Waals surface area (Å²) >= 11 is 0. The summed E-state index contributed by atoms with van der Waals surface area (Å²) in [6, 6.07) is 41.6. The normalized spacial score (nSPS) is 11.5. The molecule has 1 heteroatoms. The first kappa shape index (κ1) is 17.1. The summed E-state index contributed by atoms with van der Waals surface area (Å²) < 4.78 is 2.38. The summed E-state index contributed by atoms with van der Waals surface area (Å²) in [4.78, 5) is 0. The molecule has 0 bridgehead atoms. The highest BCUT2D eigenvalue weighted by Crippen LogP contribution is 2.33. The van der Waals surface area contributed by atoms with Crippen LogP contribution in [0, 0.1) is 0 Å². The third-order valence-electron chi connectivity index (χ3n) is 5.97. The van der Waals surface area contributed by atoms with Gasteiger partial charge < -0.3 is 4.57 Å². The van der Waals surface area contributed by atoms with E-state index in [1.807, 2.05) is 0 Å². The number of benzene rings is 5. The average Bonchev–Trinajstić information content (AvgIpc) is 3.13. The summed E-state index contributed by atoms with van der Waals surface area (Å²) in [7, 11) is 0. The molecule has 0 aliphatic rings. The Balaban J connectivity index is 1.52. The first-order valence-electron chi connectivity index (χ1n) is 10.4. The van der Waals surface area contributed by atoms with Crippen molar-refractivity contribution in [1.82, 2.24) is 4.57 Å². The first-order chi connectivity index (χ1) is 14.9. The second-order valence-electron chi connectivity index (χ2n) is 7.90. The molecule has 5 aromatic carbocycles. The lowest BCUT2D eigenvalue weighted by Gasteiger charge is -2.09. The third kappa shape index (κ3) is 2.79. The van der Waals surface area contributed by atoms with Crippen LogP contribution in [0.25, 0.3) is 38.3 Å². The van der Waals surface area contributed by atoms with Gasteiger partial charge in [-0.3, -0.25) is 0 Å². The average molecular weight is 383 g/mol. The molecule has 0 atom stereocenters. The Kier molecular flexibility index (Phi) is 3.92. The third-order valence-corrected chi connectivity index (χ3v) is 5.97. The molecule has 6 rings (SSSR count). The van der Waals surface area contributed by atoms with Crippen molar-refractivity contribution in [2.24, 2.45) is 0 Å². The van der Waals surface area contributed by atoms with E-state index in [2.05, 4.69) is 120 Å². The Morgan fingerprint density at radius 1 is 0.467 bits per heavy atom. The van der Waals surface area contributed by atoms with E-state index in [4.69, 9.17) is 0 Å². The molecule has 0 saturated carbocycles. The summed E-state index contributed by atoms with van der Waals surface area (Å²) in [5, 5.41) is 5.20. The molecule has 0 saturated heterocycles. The summed E-state index contributed by atoms with van der Waals surface area (Å²) in [6.45, 7) is 0. The van der Waals surface area contributed by atoms with Crippen molar-refractivity contribution >= 4 is 32.6 Å². The smallest absolute Gasteiger partial charge is 0.0543 e. The van der Waals surface area contributed by atoms with E-state index in [-0.39, 0.29) is 0 Å². The SMILES string of the molecule is c1ccc(-n2c3ccccc3c3ccc(Cc4ccc5ccccc5c4)cc32)cc1. The summed E-state index contributed by atoms with van der Waals surface area (Å²) in [5.74, 6) is 0. The van der Waals surface area contributed by atoms with Crippen molar-refractivity contribution in [3.63, 3.8) is 0 Å². The van der Waals surface area contributed by atoms with Gasteiger partial charge in [0.1, 0.15) is 0 Å². The number of para-hydroxylation sites is 2. The molecule has 0 aliphatic carbocycles. The first-order valence-corrected chi connectivity index (χ1v) is 10.4. The van der Waals surface area contributed by atoms with Gasteiger partial charge in [-0.05, 0) is 52.6 Å². The molecule has 1 heterocycles. The fourth-order valence-corrected chi connectivity index (χ4v) is 4.57. The molecule has 0 N–H and O–H groups in total. The lowest BCUT2D eigenvalue weighted by molar-refractivity contribution is 1.16. The quantitative estimate of drug-likeness (QED) is 0.298. The van der Waals surface area contributed by atoms with Gasteiger partial charge in [0.2, 0.25) is 0 Å². The van der Waals surface area contributed by atoms with E-state index < -0.39 is 0 Å². The highest BCUT2D eigenvalue weighted by atomic mass is 15.0. The summed E-state index contributed by atoms with van der Waals surface area (Å²) in [5.41, 5.74) is 6.39. The van der Waals surface area contributed by atoms with Gasteiger partial charge in [-0.25, -0.2) is 0 Å². The van der Waals surface area contributed by atoms with Crippen LogP contribution < -0.4 is 0 Å². The van der Waals surface area contributed by atoms with Gasteiger partial charge in [0.15, 0.2) is 0 Å². The standard InChI is InChI=1S/C29H21N/c1-2-10-25(11-3-1)30-28-13-7-6-12-26(28)27-17-15-22(20-29(27)30)18-21-14-16-23-8-4-5-9-24(23)19-21/h1-17,19-20H,18H2. The monoisotopic (exact) mass is 383 g/mol. The molecule has 0 spiro atoms. The Labute approximate surface area is 175 Å². The van der Waals surface area contributed by atoms with Crippen molar-refractivity contribution in [1.29, 1.82) is 0 Å². The van der Waals surface area contributed by atoms with Crippen LogP contribution in [0.5, 0.6) is 0 Å². The van der Waals surface area contributed by atoms with Gasteiger partial charge in [0.05, 0.1) is 11.0 Å². The highest BCUT2D eigenvalue weighted by Gasteiger charge is 2.12. The lowest BCUT2D eigenvalue weighted by atomic mass is 10.0. The zero-order valence-corrected chi connectivity index (χ0v) is 16.6. The number of nitrogens with zero attached hydrogens (tertiary/aromatic N) is 1. The van der Waals surface area contributed by atoms with E-state index in [1.54, 1.807) is 0 Å². The van der Waals surface area contributed by atoms with Crippen molar-refractivity contribution < 1.29 is 0 Å². The maximum Gasteiger partial charge on any atom is 0.0543 e. The fourth-order valence-electron chi connectivity index (χ4n) is 4.57. The van der Waals surface area contributed by atoms with Gasteiger partial charge in [-0.1, -0.05) is 91.0 Å². The minimum atomic E-state index is 0.928. The summed E-state index contributed by atoms with van der Waals surface area (Å²) in [6.07, 6.45) is 0.928. The Morgan fingerprint density at radius 3 is 2.03 bits per heavy atom. The van der Waals surface area contributed by atoms with Crippen LogP contribution in [0.3, 0.4) is 0 Å². The minimum absolute atomic E-state index is 0.928. The zero-order chi connectivity index (χ0) is 19.9. The topological polar surface area (TPSA) is 4.93 Å².